The topological polar surface area (TPSA) is 64.9 Å². The van der Waals surface area contributed by atoms with Crippen LogP contribution in [-0.4, -0.2) is 10.1 Å². The van der Waals surface area contributed by atoms with Crippen LogP contribution in [0.5, 0.6) is 0 Å². The maximum absolute atomic E-state index is 13.1. The zero-order valence-electron chi connectivity index (χ0n) is 10.2. The van der Waals surface area contributed by atoms with Crippen molar-refractivity contribution in [1.29, 1.82) is 0 Å². The van der Waals surface area contributed by atoms with Crippen molar-refractivity contribution in [1.82, 2.24) is 10.1 Å². The molecule has 0 atom stereocenters. The van der Waals surface area contributed by atoms with Crippen LogP contribution < -0.4 is 5.73 Å². The minimum Gasteiger partial charge on any atom is -0.380 e. The van der Waals surface area contributed by atoms with E-state index in [0.717, 1.165) is 0 Å². The second-order valence-corrected chi connectivity index (χ2v) is 4.55. The molecule has 0 aliphatic rings. The van der Waals surface area contributed by atoms with E-state index in [1.54, 1.807) is 24.5 Å². The zero-order valence-corrected chi connectivity index (χ0v) is 10.9. The van der Waals surface area contributed by atoms with Gasteiger partial charge in [0, 0.05) is 23.5 Å². The molecule has 0 radical (unpaired) electrons. The van der Waals surface area contributed by atoms with Gasteiger partial charge in [0.15, 0.2) is 11.6 Å². The molecule has 3 aromatic rings. The van der Waals surface area contributed by atoms with Gasteiger partial charge in [-0.1, -0.05) is 16.8 Å². The third-order valence-electron chi connectivity index (χ3n) is 2.84. The number of anilines is 1. The van der Waals surface area contributed by atoms with E-state index in [2.05, 4.69) is 10.1 Å². The first-order chi connectivity index (χ1) is 9.66. The van der Waals surface area contributed by atoms with E-state index < -0.39 is 5.82 Å². The molecule has 4 nitrogen and oxygen atoms in total. The lowest BCUT2D eigenvalue weighted by Crippen LogP contribution is -1.90. The zero-order chi connectivity index (χ0) is 14.1. The number of aromatic nitrogens is 2. The van der Waals surface area contributed by atoms with Gasteiger partial charge in [-0.3, -0.25) is 4.98 Å². The van der Waals surface area contributed by atoms with E-state index in [1.165, 1.54) is 12.1 Å². The van der Waals surface area contributed by atoms with E-state index in [4.69, 9.17) is 21.9 Å². The summed E-state index contributed by atoms with van der Waals surface area (Å²) in [5, 5.41) is 4.00. The number of hydrogen-bond donors (Lipinski definition) is 1. The van der Waals surface area contributed by atoms with Crippen LogP contribution in [-0.2, 0) is 0 Å². The van der Waals surface area contributed by atoms with Gasteiger partial charge in [0.1, 0.15) is 5.82 Å². The fourth-order valence-corrected chi connectivity index (χ4v) is 2.21. The molecule has 0 fully saturated rings. The van der Waals surface area contributed by atoms with Gasteiger partial charge >= 0.3 is 0 Å². The molecule has 20 heavy (non-hydrogen) atoms. The van der Waals surface area contributed by atoms with E-state index in [9.17, 15) is 4.39 Å². The number of nitrogens with zero attached hydrogens (tertiary/aromatic N) is 2. The summed E-state index contributed by atoms with van der Waals surface area (Å²) >= 11 is 6.07. The van der Waals surface area contributed by atoms with Gasteiger partial charge in [0.2, 0.25) is 0 Å². The van der Waals surface area contributed by atoms with Gasteiger partial charge in [-0.2, -0.15) is 0 Å². The van der Waals surface area contributed by atoms with Crippen molar-refractivity contribution in [3.63, 3.8) is 0 Å². The van der Waals surface area contributed by atoms with E-state index in [1.807, 2.05) is 6.07 Å². The van der Waals surface area contributed by atoms with Crippen molar-refractivity contribution >= 4 is 17.4 Å². The highest BCUT2D eigenvalue weighted by Crippen LogP contribution is 2.39. The first-order valence-corrected chi connectivity index (χ1v) is 6.15. The van der Waals surface area contributed by atoms with Gasteiger partial charge in [0.05, 0.1) is 10.6 Å². The first kappa shape index (κ1) is 12.6. The fraction of sp³-hybridized carbons (Fsp3) is 0. The van der Waals surface area contributed by atoms with Crippen LogP contribution >= 0.6 is 11.6 Å². The number of nitrogens with two attached hydrogens (primary N) is 1. The molecule has 0 saturated heterocycles. The second-order valence-electron chi connectivity index (χ2n) is 4.14. The molecule has 3 rings (SSSR count). The lowest BCUT2D eigenvalue weighted by molar-refractivity contribution is 0.436. The molecule has 6 heteroatoms. The summed E-state index contributed by atoms with van der Waals surface area (Å²) in [5.41, 5.74) is 7.65. The highest BCUT2D eigenvalue weighted by Gasteiger charge is 2.20. The molecule has 2 N–H and O–H groups in total. The predicted molar refractivity (Wildman–Crippen MR) is 74.6 cm³/mol. The molecule has 0 unspecified atom stereocenters. The summed E-state index contributed by atoms with van der Waals surface area (Å²) < 4.78 is 18.4. The van der Waals surface area contributed by atoms with Crippen molar-refractivity contribution in [3.8, 4) is 22.5 Å². The number of rotatable bonds is 2. The summed E-state index contributed by atoms with van der Waals surface area (Å²) in [5.74, 6) is 0.221. The van der Waals surface area contributed by atoms with Crippen LogP contribution in [0.4, 0.5) is 10.2 Å². The Labute approximate surface area is 119 Å². The molecule has 0 aliphatic carbocycles. The van der Waals surface area contributed by atoms with Crippen molar-refractivity contribution < 1.29 is 8.91 Å². The Kier molecular flexibility index (Phi) is 3.12. The van der Waals surface area contributed by atoms with Crippen LogP contribution in [0.2, 0.25) is 5.02 Å². The molecule has 0 aliphatic heterocycles. The van der Waals surface area contributed by atoms with Gasteiger partial charge < -0.3 is 10.3 Å². The summed E-state index contributed by atoms with van der Waals surface area (Å²) in [6, 6.07) is 7.65. The molecule has 1 aromatic carbocycles. The van der Waals surface area contributed by atoms with Gasteiger partial charge in [-0.25, -0.2) is 4.39 Å². The molecular weight excluding hydrogens is 281 g/mol. The third-order valence-corrected chi connectivity index (χ3v) is 3.16. The number of nitrogen functional groups attached to an aromatic ring is 1. The molecule has 0 saturated carbocycles. The van der Waals surface area contributed by atoms with Gasteiger partial charge in [0.25, 0.3) is 0 Å². The lowest BCUT2D eigenvalue weighted by atomic mass is 10.0. The monoisotopic (exact) mass is 289 g/mol. The Morgan fingerprint density at radius 3 is 2.80 bits per heavy atom. The average molecular weight is 290 g/mol. The number of halogens is 2. The third kappa shape index (κ3) is 2.12. The summed E-state index contributed by atoms with van der Waals surface area (Å²) in [6.45, 7) is 0. The maximum Gasteiger partial charge on any atom is 0.178 e. The molecule has 0 bridgehead atoms. The van der Waals surface area contributed by atoms with Crippen LogP contribution in [0.25, 0.3) is 22.5 Å². The van der Waals surface area contributed by atoms with E-state index >= 15 is 0 Å². The van der Waals surface area contributed by atoms with Crippen molar-refractivity contribution in [2.75, 3.05) is 5.73 Å². The Morgan fingerprint density at radius 2 is 2.10 bits per heavy atom. The normalized spacial score (nSPS) is 10.7. The molecule has 0 amide bonds. The number of hydrogen-bond acceptors (Lipinski definition) is 4. The highest BCUT2D eigenvalue weighted by atomic mass is 35.5. The Morgan fingerprint density at radius 1 is 1.25 bits per heavy atom. The van der Waals surface area contributed by atoms with Crippen LogP contribution in [0.15, 0.2) is 47.2 Å². The summed E-state index contributed by atoms with van der Waals surface area (Å²) in [6.07, 6.45) is 3.27. The average Bonchev–Trinajstić information content (AvgIpc) is 2.82. The number of benzene rings is 1. The van der Waals surface area contributed by atoms with Crippen LogP contribution in [0.1, 0.15) is 0 Å². The maximum atomic E-state index is 13.1. The quantitative estimate of drug-likeness (QED) is 0.780. The predicted octanol–water partition coefficient (Wildman–Crippen LogP) is 3.78. The minimum absolute atomic E-state index is 0.192. The highest BCUT2D eigenvalue weighted by molar-refractivity contribution is 6.33. The summed E-state index contributed by atoms with van der Waals surface area (Å²) in [4.78, 5) is 4.02. The van der Waals surface area contributed by atoms with Gasteiger partial charge in [-0.15, -0.1) is 0 Å². The largest absolute Gasteiger partial charge is 0.380 e. The Hall–Kier alpha value is -2.40. The minimum atomic E-state index is -0.420. The first-order valence-electron chi connectivity index (χ1n) is 5.78. The SMILES string of the molecule is Nc1noc(-c2cccnc2)c1-c1ccc(F)cc1Cl. The molecule has 2 heterocycles. The summed E-state index contributed by atoms with van der Waals surface area (Å²) in [7, 11) is 0. The standard InChI is InChI=1S/C14H9ClFN3O/c15-11-6-9(16)3-4-10(11)12-13(20-19-14(12)17)8-2-1-5-18-7-8/h1-7H,(H2,17,19). The van der Waals surface area contributed by atoms with Crippen LogP contribution in [0, 0.1) is 5.82 Å². The fourth-order valence-electron chi connectivity index (χ4n) is 1.95. The van der Waals surface area contributed by atoms with Crippen LogP contribution in [0.3, 0.4) is 0 Å². The molecule has 2 aromatic heterocycles. The molecule has 0 spiro atoms. The lowest BCUT2D eigenvalue weighted by Gasteiger charge is -2.05. The molecule has 100 valence electrons. The van der Waals surface area contributed by atoms with E-state index in [0.29, 0.717) is 22.5 Å². The van der Waals surface area contributed by atoms with Crippen molar-refractivity contribution in [3.05, 3.63) is 53.6 Å². The molecular formula is C14H9ClFN3O. The van der Waals surface area contributed by atoms with E-state index in [-0.39, 0.29) is 10.8 Å². The van der Waals surface area contributed by atoms with Crippen molar-refractivity contribution in [2.45, 2.75) is 0 Å². The Balaban J connectivity index is 2.22. The second kappa shape index (κ2) is 4.94. The Bertz CT molecular complexity index is 758. The van der Waals surface area contributed by atoms with Gasteiger partial charge in [-0.05, 0) is 30.3 Å². The smallest absolute Gasteiger partial charge is 0.178 e. The van der Waals surface area contributed by atoms with Crippen molar-refractivity contribution in [2.24, 2.45) is 0 Å². The number of pyridine rings is 1.